The first-order valence-corrected chi connectivity index (χ1v) is 13.8. The molecule has 3 aliphatic carbocycles. The largest absolute Gasteiger partial charge is 0.462 e. The van der Waals surface area contributed by atoms with E-state index in [-0.39, 0.29) is 23.7 Å². The molecule has 0 radical (unpaired) electrons. The van der Waals surface area contributed by atoms with Crippen molar-refractivity contribution in [3.8, 4) is 0 Å². The van der Waals surface area contributed by atoms with Crippen LogP contribution >= 0.6 is 15.9 Å². The van der Waals surface area contributed by atoms with Crippen LogP contribution in [-0.2, 0) is 18.7 Å². The lowest BCUT2D eigenvalue weighted by molar-refractivity contribution is -0.122. The highest BCUT2D eigenvalue weighted by Gasteiger charge is 2.67. The van der Waals surface area contributed by atoms with E-state index < -0.39 is 16.2 Å². The van der Waals surface area contributed by atoms with Gasteiger partial charge in [0, 0.05) is 5.92 Å². The summed E-state index contributed by atoms with van der Waals surface area (Å²) in [6, 6.07) is 22.8. The van der Waals surface area contributed by atoms with E-state index in [1.54, 1.807) is 24.3 Å². The third-order valence-electron chi connectivity index (χ3n) is 8.11. The number of unbranched alkanes of at least 4 members (excludes halogenated alkanes) is 3. The molecule has 2 atom stereocenters. The van der Waals surface area contributed by atoms with E-state index >= 15 is 0 Å². The number of carbonyl (C=O) groups excluding carboxylic acids is 3. The second kappa shape index (κ2) is 9.25. The molecule has 2 bridgehead atoms. The number of ether oxygens (including phenoxy) is 1. The van der Waals surface area contributed by atoms with Crippen LogP contribution in [0.1, 0.15) is 71.1 Å². The molecule has 5 nitrogen and oxygen atoms in total. The highest BCUT2D eigenvalue weighted by atomic mass is 79.9. The second-order valence-electron chi connectivity index (χ2n) is 10.1. The Morgan fingerprint density at radius 2 is 1.49 bits per heavy atom. The second-order valence-corrected chi connectivity index (χ2v) is 11.4. The molecule has 6 heteroatoms. The fourth-order valence-corrected chi connectivity index (χ4v) is 7.66. The van der Waals surface area contributed by atoms with Gasteiger partial charge in [-0.15, -0.1) is 0 Å². The Bertz CT molecular complexity index is 1350. The molecule has 37 heavy (non-hydrogen) atoms. The number of amides is 2. The molecule has 1 heterocycles. The monoisotopic (exact) mass is 557 g/mol. The van der Waals surface area contributed by atoms with Crippen LogP contribution in [0.2, 0.25) is 0 Å². The zero-order chi connectivity index (χ0) is 25.7. The molecule has 2 amide bonds. The van der Waals surface area contributed by atoms with Gasteiger partial charge in [-0.3, -0.25) is 9.59 Å². The van der Waals surface area contributed by atoms with E-state index in [0.717, 1.165) is 47.9 Å². The van der Waals surface area contributed by atoms with Crippen LogP contribution in [0.25, 0.3) is 0 Å². The average molecular weight is 558 g/mol. The zero-order valence-corrected chi connectivity index (χ0v) is 22.2. The summed E-state index contributed by atoms with van der Waals surface area (Å²) in [5, 5.41) is 0. The minimum Gasteiger partial charge on any atom is -0.462 e. The molecule has 0 unspecified atom stereocenters. The molecular formula is C31H28BrNO4. The smallest absolute Gasteiger partial charge is 0.338 e. The van der Waals surface area contributed by atoms with Gasteiger partial charge >= 0.3 is 5.97 Å². The van der Waals surface area contributed by atoms with Crippen molar-refractivity contribution in [2.45, 2.75) is 42.8 Å². The molecular weight excluding hydrogens is 530 g/mol. The number of carbonyl (C=O) groups is 3. The molecule has 0 aromatic heterocycles. The van der Waals surface area contributed by atoms with E-state index in [9.17, 15) is 14.4 Å². The molecule has 0 spiro atoms. The van der Waals surface area contributed by atoms with Gasteiger partial charge in [0.2, 0.25) is 11.8 Å². The van der Waals surface area contributed by atoms with Crippen molar-refractivity contribution in [3.05, 3.63) is 101 Å². The van der Waals surface area contributed by atoms with Crippen molar-refractivity contribution in [1.82, 2.24) is 0 Å². The summed E-state index contributed by atoms with van der Waals surface area (Å²) in [7, 11) is 0. The lowest BCUT2D eigenvalue weighted by Crippen LogP contribution is -2.50. The van der Waals surface area contributed by atoms with Gasteiger partial charge in [-0.25, -0.2) is 9.69 Å². The van der Waals surface area contributed by atoms with E-state index in [2.05, 4.69) is 47.1 Å². The fraction of sp³-hybridized carbons (Fsp3) is 0.323. The van der Waals surface area contributed by atoms with Gasteiger partial charge in [-0.2, -0.15) is 0 Å². The maximum atomic E-state index is 14.0. The maximum Gasteiger partial charge on any atom is 0.338 e. The average Bonchev–Trinajstić information content (AvgIpc) is 3.20. The number of esters is 1. The number of hydrogen-bond acceptors (Lipinski definition) is 4. The Kier molecular flexibility index (Phi) is 6.03. The van der Waals surface area contributed by atoms with Gasteiger partial charge in [-0.1, -0.05) is 90.6 Å². The van der Waals surface area contributed by atoms with E-state index in [4.69, 9.17) is 4.74 Å². The molecule has 0 N–H and O–H groups in total. The van der Waals surface area contributed by atoms with Gasteiger partial charge in [-0.05, 0) is 52.9 Å². The highest BCUT2D eigenvalue weighted by Crippen LogP contribution is 2.66. The van der Waals surface area contributed by atoms with Gasteiger partial charge in [0.05, 0.1) is 34.0 Å². The number of nitrogens with zero attached hydrogens (tertiary/aromatic N) is 1. The molecule has 1 saturated heterocycles. The minimum atomic E-state index is -0.775. The number of halogens is 1. The topological polar surface area (TPSA) is 63.7 Å². The van der Waals surface area contributed by atoms with Crippen molar-refractivity contribution < 1.29 is 19.1 Å². The molecule has 0 saturated carbocycles. The minimum absolute atomic E-state index is 0.180. The van der Waals surface area contributed by atoms with E-state index in [1.165, 1.54) is 4.90 Å². The number of alkyl halides is 1. The number of hydrogen-bond donors (Lipinski definition) is 0. The highest BCUT2D eigenvalue weighted by molar-refractivity contribution is 9.09. The molecule has 1 aliphatic heterocycles. The Balaban J connectivity index is 1.31. The van der Waals surface area contributed by atoms with Crippen LogP contribution in [0.4, 0.5) is 5.69 Å². The summed E-state index contributed by atoms with van der Waals surface area (Å²) in [6.45, 7) is 2.53. The Hall–Kier alpha value is -3.25. The number of benzene rings is 3. The third-order valence-corrected chi connectivity index (χ3v) is 9.45. The van der Waals surface area contributed by atoms with Gasteiger partial charge in [0.25, 0.3) is 0 Å². The normalized spacial score (nSPS) is 25.0. The van der Waals surface area contributed by atoms with Crippen molar-refractivity contribution in [2.24, 2.45) is 11.8 Å². The molecule has 188 valence electrons. The summed E-state index contributed by atoms with van der Waals surface area (Å²) in [5.41, 5.74) is 5.19. The van der Waals surface area contributed by atoms with Crippen molar-refractivity contribution in [1.29, 1.82) is 0 Å². The van der Waals surface area contributed by atoms with Gasteiger partial charge in [0.1, 0.15) is 0 Å². The number of rotatable bonds is 7. The first-order valence-electron chi connectivity index (χ1n) is 13.0. The lowest BCUT2D eigenvalue weighted by atomic mass is 9.55. The standard InChI is InChI=1S/C31H28BrNO4/c1-2-3-4-9-18-37-30(36)19-14-16-20(17-15-19)33-28(34)26-25-21-10-5-7-12-23(21)31(32,27(26)29(33)35)24-13-8-6-11-22(24)25/h5-8,10-17,25-27H,2-4,9,18H2,1H3/t25?,26-,27-,31?/m0/s1. The molecule has 3 aromatic rings. The predicted octanol–water partition coefficient (Wildman–Crippen LogP) is 6.33. The Labute approximate surface area is 224 Å². The van der Waals surface area contributed by atoms with Crippen molar-refractivity contribution in [2.75, 3.05) is 11.5 Å². The Morgan fingerprint density at radius 3 is 2.11 bits per heavy atom. The summed E-state index contributed by atoms with van der Waals surface area (Å²) < 4.78 is 4.61. The SMILES string of the molecule is CCCCCCOC(=O)c1ccc(N2C(=O)[C@@H]3[C@@H](C2=O)C2c4ccccc4C3(Br)c3ccccc32)cc1. The number of anilines is 1. The first-order chi connectivity index (χ1) is 18.0. The van der Waals surface area contributed by atoms with Crippen LogP contribution in [0.3, 0.4) is 0 Å². The van der Waals surface area contributed by atoms with Gasteiger partial charge in [0.15, 0.2) is 0 Å². The van der Waals surface area contributed by atoms with Crippen LogP contribution in [0.5, 0.6) is 0 Å². The number of imide groups is 1. The summed E-state index contributed by atoms with van der Waals surface area (Å²) >= 11 is 4.01. The lowest BCUT2D eigenvalue weighted by Gasteiger charge is -2.51. The van der Waals surface area contributed by atoms with Crippen LogP contribution in [0, 0.1) is 11.8 Å². The molecule has 1 fully saturated rings. The summed E-state index contributed by atoms with van der Waals surface area (Å²) in [4.78, 5) is 41.7. The first kappa shape index (κ1) is 24.1. The van der Waals surface area contributed by atoms with Crippen molar-refractivity contribution in [3.63, 3.8) is 0 Å². The van der Waals surface area contributed by atoms with Crippen LogP contribution in [0.15, 0.2) is 72.8 Å². The van der Waals surface area contributed by atoms with Crippen LogP contribution < -0.4 is 4.90 Å². The molecule has 7 rings (SSSR count). The Morgan fingerprint density at radius 1 is 0.865 bits per heavy atom. The van der Waals surface area contributed by atoms with Crippen molar-refractivity contribution >= 4 is 39.4 Å². The fourth-order valence-electron chi connectivity index (χ4n) is 6.46. The summed E-state index contributed by atoms with van der Waals surface area (Å²) in [6.07, 6.45) is 4.13. The maximum absolute atomic E-state index is 14.0. The quantitative estimate of drug-likeness (QED) is 0.147. The van der Waals surface area contributed by atoms with E-state index in [1.807, 2.05) is 24.3 Å². The van der Waals surface area contributed by atoms with Gasteiger partial charge < -0.3 is 4.74 Å². The molecule has 3 aromatic carbocycles. The van der Waals surface area contributed by atoms with Crippen LogP contribution in [-0.4, -0.2) is 24.4 Å². The molecule has 4 aliphatic rings. The third kappa shape index (κ3) is 3.52. The zero-order valence-electron chi connectivity index (χ0n) is 20.7. The predicted molar refractivity (Wildman–Crippen MR) is 145 cm³/mol. The van der Waals surface area contributed by atoms with E-state index in [0.29, 0.717) is 17.9 Å². The summed E-state index contributed by atoms with van der Waals surface area (Å²) in [5.74, 6) is -2.03.